The largest absolute Gasteiger partial charge is 0.439 e. The first-order chi connectivity index (χ1) is 32.5. The molecule has 0 unspecified atom stereocenters. The van der Waals surface area contributed by atoms with E-state index in [1.54, 1.807) is 30.3 Å². The highest BCUT2D eigenvalue weighted by molar-refractivity contribution is 6.09. The summed E-state index contributed by atoms with van der Waals surface area (Å²) in [6, 6.07) is 33.0. The van der Waals surface area contributed by atoms with E-state index in [-0.39, 0.29) is 45.2 Å². The topological polar surface area (TPSA) is 54.0 Å². The fourth-order valence-corrected chi connectivity index (χ4v) is 7.62. The Bertz CT molecular complexity index is 3650. The highest BCUT2D eigenvalue weighted by Crippen LogP contribution is 2.39. The van der Waals surface area contributed by atoms with Crippen LogP contribution < -0.4 is 10.4 Å². The van der Waals surface area contributed by atoms with Crippen LogP contribution in [0.15, 0.2) is 193 Å². The number of ether oxygens (including phenoxy) is 1. The third-order valence-electron chi connectivity index (χ3n) is 10.3. The summed E-state index contributed by atoms with van der Waals surface area (Å²) < 4.78 is 98.5. The van der Waals surface area contributed by atoms with Gasteiger partial charge in [0.2, 0.25) is 5.88 Å². The lowest BCUT2D eigenvalue weighted by Gasteiger charge is -2.21. The number of pyridine rings is 1. The number of hydrogen-bond donors (Lipinski definition) is 0. The van der Waals surface area contributed by atoms with Crippen LogP contribution >= 0.6 is 0 Å². The zero-order valence-electron chi connectivity index (χ0n) is 41.7. The average molecular weight is 763 g/mol. The summed E-state index contributed by atoms with van der Waals surface area (Å²) in [5.74, 6) is 0.862. The van der Waals surface area contributed by atoms with Crippen molar-refractivity contribution in [3.05, 3.63) is 204 Å². The molecule has 10 rings (SSSR count). The Kier molecular flexibility index (Phi) is 6.17. The lowest BCUT2D eigenvalue weighted by atomic mass is 9.87. The summed E-state index contributed by atoms with van der Waals surface area (Å²) >= 11 is 0. The van der Waals surface area contributed by atoms with E-state index in [1.807, 2.05) is 87.5 Å². The van der Waals surface area contributed by atoms with Crippen molar-refractivity contribution in [2.75, 3.05) is 0 Å². The number of aromatic nitrogens is 4. The third-order valence-corrected chi connectivity index (χ3v) is 10.3. The summed E-state index contributed by atoms with van der Waals surface area (Å²) in [4.78, 5) is 20.6. The van der Waals surface area contributed by atoms with Gasteiger partial charge in [0.05, 0.1) is 41.5 Å². The van der Waals surface area contributed by atoms with Gasteiger partial charge in [-0.1, -0.05) is 148 Å². The number of imidazole rings is 1. The van der Waals surface area contributed by atoms with Gasteiger partial charge in [-0.15, -0.1) is 0 Å². The molecule has 6 heteroatoms. The highest BCUT2D eigenvalue weighted by atomic mass is 16.5. The molecule has 0 N–H and O–H groups in total. The molecule has 3 aromatic heterocycles. The Morgan fingerprint density at radius 1 is 0.552 bits per heavy atom. The van der Waals surface area contributed by atoms with Crippen LogP contribution in [0.3, 0.4) is 0 Å². The molecule has 0 bridgehead atoms. The number of hydrogen-bond acceptors (Lipinski definition) is 3. The van der Waals surface area contributed by atoms with Crippen LogP contribution in [0.1, 0.15) is 40.0 Å². The number of para-hydroxylation sites is 5. The van der Waals surface area contributed by atoms with Crippen molar-refractivity contribution in [2.24, 2.45) is 0 Å². The number of benzene rings is 7. The molecular weight excluding hydrogens is 713 g/mol. The van der Waals surface area contributed by atoms with Crippen molar-refractivity contribution in [3.63, 3.8) is 0 Å². The van der Waals surface area contributed by atoms with Gasteiger partial charge in [-0.3, -0.25) is 4.57 Å². The van der Waals surface area contributed by atoms with E-state index >= 15 is 4.79 Å². The summed E-state index contributed by atoms with van der Waals surface area (Å²) in [6.45, 7) is 6.07. The Labute approximate surface area is 350 Å². The van der Waals surface area contributed by atoms with Crippen LogP contribution in [0.4, 0.5) is 0 Å². The third kappa shape index (κ3) is 5.98. The molecule has 0 radical (unpaired) electrons. The fourth-order valence-electron chi connectivity index (χ4n) is 7.62. The molecule has 10 aromatic rings. The number of fused-ring (bicyclic) bond motifs is 4. The van der Waals surface area contributed by atoms with Crippen LogP contribution in [0.5, 0.6) is 11.6 Å². The minimum absolute atomic E-state index is 0.0138. The average Bonchev–Trinajstić information content (AvgIpc) is 3.82. The SMILES string of the molecule is [2H]c1c([2H])c([2H])c(-c2cccc(-c3c([2H])c([2H])c([2H])c([2H])c3[2H])c2-n2c(=O)n(-c3cc(C(C)(C)C)cc(Oc4ccc5c6ccccc6n(-c6ccccc6)c5c4)n3)c3ccccc32)c([2H])c1[2H]. The van der Waals surface area contributed by atoms with E-state index < -0.39 is 71.5 Å². The second-order valence-corrected chi connectivity index (χ2v) is 14.9. The second-order valence-electron chi connectivity index (χ2n) is 14.9. The van der Waals surface area contributed by atoms with Crippen LogP contribution in [-0.2, 0) is 5.41 Å². The van der Waals surface area contributed by atoms with Gasteiger partial charge in [-0.05, 0) is 70.6 Å². The van der Waals surface area contributed by atoms with Gasteiger partial charge < -0.3 is 9.30 Å². The first-order valence-electron chi connectivity index (χ1n) is 23.8. The quantitative estimate of drug-likeness (QED) is 0.162. The van der Waals surface area contributed by atoms with E-state index in [2.05, 4.69) is 16.7 Å². The molecule has 3 heterocycles. The molecule has 0 aliphatic heterocycles. The normalized spacial score (nSPS) is 14.2. The summed E-state index contributed by atoms with van der Waals surface area (Å²) in [7, 11) is 0. The molecule has 0 fully saturated rings. The molecule has 0 saturated heterocycles. The van der Waals surface area contributed by atoms with Crippen molar-refractivity contribution >= 4 is 32.8 Å². The predicted molar refractivity (Wildman–Crippen MR) is 237 cm³/mol. The number of nitrogens with zero attached hydrogens (tertiary/aromatic N) is 4. The van der Waals surface area contributed by atoms with E-state index in [0.29, 0.717) is 11.3 Å². The molecule has 7 aromatic carbocycles. The number of rotatable bonds is 7. The van der Waals surface area contributed by atoms with Crippen LogP contribution in [0.2, 0.25) is 0 Å². The van der Waals surface area contributed by atoms with Gasteiger partial charge in [0.15, 0.2) is 0 Å². The zero-order valence-corrected chi connectivity index (χ0v) is 31.7. The summed E-state index contributed by atoms with van der Waals surface area (Å²) in [5.41, 5.74) is 2.54. The standard InChI is InChI=1S/C52H40N4O2/c1-52(2,3)37-32-48(53-49(33-37)58-39-30-31-43-42-24-13-14-27-44(42)54(47(43)34-39)38-22-11-6-12-23-38)55-45-28-15-16-29-46(45)56(51(55)57)50-40(35-18-7-4-8-19-35)25-17-26-41(50)36-20-9-5-10-21-36/h4-34H,1-3H3/i4D,5D,7D,8D,9D,10D,18D,19D,20D,21D. The van der Waals surface area contributed by atoms with E-state index in [9.17, 15) is 0 Å². The summed E-state index contributed by atoms with van der Waals surface area (Å²) in [5, 5.41) is 2.10. The van der Waals surface area contributed by atoms with Crippen molar-refractivity contribution in [1.29, 1.82) is 0 Å². The van der Waals surface area contributed by atoms with Gasteiger partial charge in [0.25, 0.3) is 0 Å². The maximum Gasteiger partial charge on any atom is 0.339 e. The Balaban J connectivity index is 1.24. The minimum atomic E-state index is -0.710. The molecule has 0 spiro atoms. The molecule has 58 heavy (non-hydrogen) atoms. The smallest absolute Gasteiger partial charge is 0.339 e. The van der Waals surface area contributed by atoms with E-state index in [1.165, 1.54) is 27.3 Å². The van der Waals surface area contributed by atoms with Gasteiger partial charge in [0.1, 0.15) is 11.6 Å². The summed E-state index contributed by atoms with van der Waals surface area (Å²) in [6.07, 6.45) is 0. The monoisotopic (exact) mass is 762 g/mol. The molecule has 280 valence electrons. The van der Waals surface area contributed by atoms with Gasteiger partial charge >= 0.3 is 5.69 Å². The first kappa shape index (κ1) is 25.7. The first-order valence-corrected chi connectivity index (χ1v) is 18.8. The maximum absolute atomic E-state index is 15.7. The van der Waals surface area contributed by atoms with Gasteiger partial charge in [0, 0.05) is 39.7 Å². The molecular formula is C52H40N4O2. The zero-order chi connectivity index (χ0) is 48.1. The predicted octanol–water partition coefficient (Wildman–Crippen LogP) is 12.7. The second kappa shape index (κ2) is 13.9. The lowest BCUT2D eigenvalue weighted by molar-refractivity contribution is 0.458. The van der Waals surface area contributed by atoms with Crippen LogP contribution in [-0.4, -0.2) is 18.7 Å². The van der Waals surface area contributed by atoms with Crippen molar-refractivity contribution in [1.82, 2.24) is 18.7 Å². The molecule has 0 saturated carbocycles. The van der Waals surface area contributed by atoms with Crippen LogP contribution in [0.25, 0.3) is 72.3 Å². The van der Waals surface area contributed by atoms with Gasteiger partial charge in [-0.25, -0.2) is 9.36 Å². The van der Waals surface area contributed by atoms with Gasteiger partial charge in [-0.2, -0.15) is 4.98 Å². The lowest BCUT2D eigenvalue weighted by Crippen LogP contribution is -2.24. The highest BCUT2D eigenvalue weighted by Gasteiger charge is 2.25. The maximum atomic E-state index is 15.7. The molecule has 0 aliphatic carbocycles. The van der Waals surface area contributed by atoms with Crippen molar-refractivity contribution in [2.45, 2.75) is 26.2 Å². The van der Waals surface area contributed by atoms with Crippen molar-refractivity contribution < 1.29 is 18.4 Å². The fraction of sp³-hybridized carbons (Fsp3) is 0.0769. The van der Waals surface area contributed by atoms with E-state index in [0.717, 1.165) is 33.1 Å². The Morgan fingerprint density at radius 3 is 1.79 bits per heavy atom. The van der Waals surface area contributed by atoms with Crippen LogP contribution in [0, 0.1) is 0 Å². The molecule has 0 amide bonds. The molecule has 0 aliphatic rings. The Morgan fingerprint density at radius 2 is 1.14 bits per heavy atom. The Hall–Kier alpha value is -7.44. The molecule has 6 nitrogen and oxygen atoms in total. The molecule has 0 atom stereocenters. The van der Waals surface area contributed by atoms with E-state index in [4.69, 9.17) is 23.4 Å². The minimum Gasteiger partial charge on any atom is -0.439 e. The van der Waals surface area contributed by atoms with Crippen molar-refractivity contribution in [3.8, 4) is 51.1 Å².